The summed E-state index contributed by atoms with van der Waals surface area (Å²) in [5.41, 5.74) is 2.68. The molecule has 2 unspecified atom stereocenters. The number of hydrogen-bond acceptors (Lipinski definition) is 1. The highest BCUT2D eigenvalue weighted by Gasteiger charge is 2.28. The molecule has 0 heterocycles. The van der Waals surface area contributed by atoms with Crippen LogP contribution < -0.4 is 0 Å². The van der Waals surface area contributed by atoms with E-state index in [1.165, 1.54) is 0 Å². The van der Waals surface area contributed by atoms with Crippen LogP contribution >= 0.6 is 0 Å². The predicted molar refractivity (Wildman–Crippen MR) is 46.8 cm³/mol. The van der Waals surface area contributed by atoms with Gasteiger partial charge in [-0.3, -0.25) is 4.79 Å². The van der Waals surface area contributed by atoms with E-state index in [4.69, 9.17) is 5.11 Å². The quantitative estimate of drug-likeness (QED) is 0.638. The van der Waals surface area contributed by atoms with Gasteiger partial charge in [0.05, 0.1) is 5.92 Å². The highest BCUT2D eigenvalue weighted by Crippen LogP contribution is 2.30. The zero-order valence-corrected chi connectivity index (χ0v) is 7.12. The third-order valence-corrected chi connectivity index (χ3v) is 2.47. The Hall–Kier alpha value is -1.01. The second-order valence-electron chi connectivity index (χ2n) is 3.26. The number of carboxylic acid groups (broad SMARTS) is 1. The first-order chi connectivity index (χ1) is 5.75. The maximum Gasteiger partial charge on any atom is 0.307 e. The van der Waals surface area contributed by atoms with Gasteiger partial charge in [-0.05, 0) is 24.8 Å². The van der Waals surface area contributed by atoms with Crippen LogP contribution in [0.1, 0.15) is 25.7 Å². The van der Waals surface area contributed by atoms with Gasteiger partial charge in [0.25, 0.3) is 0 Å². The van der Waals surface area contributed by atoms with Crippen molar-refractivity contribution in [2.75, 3.05) is 0 Å². The lowest BCUT2D eigenvalue weighted by atomic mass is 9.79. The molecule has 2 heteroatoms. The summed E-state index contributed by atoms with van der Waals surface area (Å²) in [4.78, 5) is 10.8. The van der Waals surface area contributed by atoms with Crippen molar-refractivity contribution in [3.8, 4) is 0 Å². The van der Waals surface area contributed by atoms with Gasteiger partial charge in [-0.2, -0.15) is 0 Å². The highest BCUT2D eigenvalue weighted by atomic mass is 16.4. The first-order valence-corrected chi connectivity index (χ1v) is 4.34. The Labute approximate surface area is 72.6 Å². The molecular formula is C10H14O2. The van der Waals surface area contributed by atoms with Gasteiger partial charge in [-0.1, -0.05) is 19.4 Å². The van der Waals surface area contributed by atoms with Crippen LogP contribution in [-0.2, 0) is 4.79 Å². The second kappa shape index (κ2) is 4.13. The minimum atomic E-state index is -0.675. The highest BCUT2D eigenvalue weighted by molar-refractivity contribution is 5.70. The molecule has 1 aliphatic rings. The lowest BCUT2D eigenvalue weighted by molar-refractivity contribution is -0.144. The monoisotopic (exact) mass is 166 g/mol. The van der Waals surface area contributed by atoms with E-state index in [1.807, 2.05) is 0 Å². The third-order valence-electron chi connectivity index (χ3n) is 2.47. The van der Waals surface area contributed by atoms with Gasteiger partial charge in [0.1, 0.15) is 0 Å². The number of allylic oxidation sites excluding steroid dienone is 1. The van der Waals surface area contributed by atoms with E-state index in [9.17, 15) is 4.79 Å². The van der Waals surface area contributed by atoms with Crippen molar-refractivity contribution in [1.29, 1.82) is 0 Å². The molecule has 0 aromatic rings. The van der Waals surface area contributed by atoms with E-state index in [-0.39, 0.29) is 11.8 Å². The van der Waals surface area contributed by atoms with Crippen molar-refractivity contribution in [1.82, 2.24) is 0 Å². The van der Waals surface area contributed by atoms with Gasteiger partial charge >= 0.3 is 5.97 Å². The van der Waals surface area contributed by atoms with Gasteiger partial charge in [0, 0.05) is 0 Å². The third kappa shape index (κ3) is 1.99. The average molecular weight is 166 g/mol. The molecule has 1 rings (SSSR count). The van der Waals surface area contributed by atoms with Crippen molar-refractivity contribution < 1.29 is 9.90 Å². The summed E-state index contributed by atoms with van der Waals surface area (Å²) in [6.07, 6.45) is 5.75. The fourth-order valence-electron chi connectivity index (χ4n) is 1.82. The molecule has 0 spiro atoms. The molecule has 2 nitrogen and oxygen atoms in total. The van der Waals surface area contributed by atoms with Crippen molar-refractivity contribution in [3.05, 3.63) is 18.4 Å². The van der Waals surface area contributed by atoms with Crippen molar-refractivity contribution in [3.63, 3.8) is 0 Å². The Morgan fingerprint density at radius 2 is 2.17 bits per heavy atom. The molecule has 1 N–H and O–H groups in total. The summed E-state index contributed by atoms with van der Waals surface area (Å²) >= 11 is 0. The summed E-state index contributed by atoms with van der Waals surface area (Å²) in [7, 11) is 0. The molecule has 0 radical (unpaired) electrons. The number of carbonyl (C=O) groups is 1. The van der Waals surface area contributed by atoms with Crippen molar-refractivity contribution in [2.45, 2.75) is 25.7 Å². The molecule has 0 amide bonds. The Morgan fingerprint density at radius 3 is 2.75 bits per heavy atom. The van der Waals surface area contributed by atoms with E-state index in [0.717, 1.165) is 25.7 Å². The molecule has 0 aromatic carbocycles. The molecule has 1 aliphatic carbocycles. The number of carboxylic acids is 1. The molecule has 0 aliphatic heterocycles. The fraction of sp³-hybridized carbons (Fsp3) is 0.600. The molecular weight excluding hydrogens is 152 g/mol. The molecule has 12 heavy (non-hydrogen) atoms. The number of rotatable bonds is 2. The standard InChI is InChI=1S/C10H14O2/c1-2-5-8-6-3-4-7-9(8)10(11)12/h5,8-9H,1,3-4,6-7H2,(H,11,12). The fourth-order valence-corrected chi connectivity index (χ4v) is 1.82. The molecule has 0 bridgehead atoms. The van der Waals surface area contributed by atoms with E-state index in [0.29, 0.717) is 0 Å². The number of hydrogen-bond donors (Lipinski definition) is 1. The van der Waals surface area contributed by atoms with E-state index in [2.05, 4.69) is 12.3 Å². The largest absolute Gasteiger partial charge is 0.481 e. The SMILES string of the molecule is C=C=CC1CCCCC1C(=O)O. The van der Waals surface area contributed by atoms with Gasteiger partial charge in [-0.25, -0.2) is 0 Å². The molecule has 2 atom stereocenters. The smallest absolute Gasteiger partial charge is 0.307 e. The van der Waals surface area contributed by atoms with Crippen LogP contribution in [0, 0.1) is 11.8 Å². The Morgan fingerprint density at radius 1 is 1.50 bits per heavy atom. The van der Waals surface area contributed by atoms with E-state index in [1.54, 1.807) is 6.08 Å². The van der Waals surface area contributed by atoms with Crippen molar-refractivity contribution in [2.24, 2.45) is 11.8 Å². The van der Waals surface area contributed by atoms with Crippen LogP contribution in [0.3, 0.4) is 0 Å². The summed E-state index contributed by atoms with van der Waals surface area (Å²) in [6, 6.07) is 0. The minimum Gasteiger partial charge on any atom is -0.481 e. The number of aliphatic carboxylic acids is 1. The minimum absolute atomic E-state index is 0.161. The van der Waals surface area contributed by atoms with Gasteiger partial charge in [-0.15, -0.1) is 5.73 Å². The predicted octanol–water partition coefficient (Wildman–Crippen LogP) is 2.22. The van der Waals surface area contributed by atoms with Gasteiger partial charge < -0.3 is 5.11 Å². The summed E-state index contributed by atoms with van der Waals surface area (Å²) < 4.78 is 0. The average Bonchev–Trinajstić information content (AvgIpc) is 2.05. The topological polar surface area (TPSA) is 37.3 Å². The lowest BCUT2D eigenvalue weighted by Gasteiger charge is -2.25. The van der Waals surface area contributed by atoms with Crippen LogP contribution in [-0.4, -0.2) is 11.1 Å². The van der Waals surface area contributed by atoms with E-state index >= 15 is 0 Å². The Kier molecular flexibility index (Phi) is 3.12. The summed E-state index contributed by atoms with van der Waals surface area (Å²) in [5.74, 6) is -0.715. The zero-order valence-electron chi connectivity index (χ0n) is 7.12. The molecule has 0 saturated heterocycles. The van der Waals surface area contributed by atoms with Crippen LogP contribution in [0.5, 0.6) is 0 Å². The lowest BCUT2D eigenvalue weighted by Crippen LogP contribution is -2.25. The molecule has 1 saturated carbocycles. The zero-order chi connectivity index (χ0) is 8.97. The van der Waals surface area contributed by atoms with Gasteiger partial charge in [0.15, 0.2) is 0 Å². The maximum absolute atomic E-state index is 10.8. The van der Waals surface area contributed by atoms with Gasteiger partial charge in [0.2, 0.25) is 0 Å². The molecule has 1 fully saturated rings. The first kappa shape index (κ1) is 9.08. The van der Waals surface area contributed by atoms with E-state index < -0.39 is 5.97 Å². The second-order valence-corrected chi connectivity index (χ2v) is 3.26. The first-order valence-electron chi connectivity index (χ1n) is 4.34. The Bertz CT molecular complexity index is 204. The van der Waals surface area contributed by atoms with Crippen LogP contribution in [0.25, 0.3) is 0 Å². The van der Waals surface area contributed by atoms with Crippen LogP contribution in [0.2, 0.25) is 0 Å². The summed E-state index contributed by atoms with van der Waals surface area (Å²) in [6.45, 7) is 3.48. The van der Waals surface area contributed by atoms with Crippen LogP contribution in [0.4, 0.5) is 0 Å². The molecule has 66 valence electrons. The summed E-state index contributed by atoms with van der Waals surface area (Å²) in [5, 5.41) is 8.87. The van der Waals surface area contributed by atoms with Crippen molar-refractivity contribution >= 4 is 5.97 Å². The molecule has 0 aromatic heterocycles. The van der Waals surface area contributed by atoms with Crippen LogP contribution in [0.15, 0.2) is 18.4 Å². The Balaban J connectivity index is 2.66. The maximum atomic E-state index is 10.8. The normalized spacial score (nSPS) is 29.0.